The maximum Gasteiger partial charge on any atom is 0.311 e. The van der Waals surface area contributed by atoms with Gasteiger partial charge in [0, 0.05) is 28.8 Å². The van der Waals surface area contributed by atoms with E-state index in [0.717, 1.165) is 24.3 Å². The van der Waals surface area contributed by atoms with Crippen LogP contribution in [0.15, 0.2) is 24.3 Å². The highest BCUT2D eigenvalue weighted by molar-refractivity contribution is 6.29. The number of non-ortho nitro benzene ring substituents is 1. The molecule has 3 rings (SSSR count). The van der Waals surface area contributed by atoms with Crippen molar-refractivity contribution in [1.82, 2.24) is 0 Å². The summed E-state index contributed by atoms with van der Waals surface area (Å²) in [6, 6.07) is 3.03. The second-order valence-corrected chi connectivity index (χ2v) is 4.95. The standard InChI is InChI=1S/C14H6N2O8/c17-10-4-7-6(3-9(10)16(23)24)13(19)8-1-5(15(21)22)2-11(18)12(8)14(7)20/h1-4,17-18H. The fourth-order valence-corrected chi connectivity index (χ4v) is 2.51. The Morgan fingerprint density at radius 2 is 1.38 bits per heavy atom. The van der Waals surface area contributed by atoms with Crippen LogP contribution in [0.25, 0.3) is 0 Å². The zero-order chi connectivity index (χ0) is 17.8. The van der Waals surface area contributed by atoms with Crippen LogP contribution in [0.3, 0.4) is 0 Å². The molecular formula is C14H6N2O8. The fraction of sp³-hybridized carbons (Fsp3) is 0. The van der Waals surface area contributed by atoms with Gasteiger partial charge in [0.2, 0.25) is 0 Å². The summed E-state index contributed by atoms with van der Waals surface area (Å²) in [5.41, 5.74) is -2.99. The third-order valence-corrected chi connectivity index (χ3v) is 3.59. The number of phenols is 2. The van der Waals surface area contributed by atoms with E-state index in [1.165, 1.54) is 0 Å². The molecule has 0 aliphatic heterocycles. The molecule has 10 nitrogen and oxygen atoms in total. The third kappa shape index (κ3) is 1.97. The smallest absolute Gasteiger partial charge is 0.311 e. The Morgan fingerprint density at radius 1 is 0.750 bits per heavy atom. The number of carbonyl (C=O) groups excluding carboxylic acids is 2. The fourth-order valence-electron chi connectivity index (χ4n) is 2.51. The number of hydrogen-bond donors (Lipinski definition) is 2. The maximum absolute atomic E-state index is 12.5. The number of fused-ring (bicyclic) bond motifs is 2. The average molecular weight is 330 g/mol. The molecule has 2 aromatic carbocycles. The normalized spacial score (nSPS) is 12.5. The lowest BCUT2D eigenvalue weighted by atomic mass is 9.83. The van der Waals surface area contributed by atoms with Gasteiger partial charge >= 0.3 is 5.69 Å². The van der Waals surface area contributed by atoms with Crippen molar-refractivity contribution < 1.29 is 29.6 Å². The van der Waals surface area contributed by atoms with E-state index >= 15 is 0 Å². The first-order chi connectivity index (χ1) is 11.2. The van der Waals surface area contributed by atoms with Crippen LogP contribution in [-0.2, 0) is 0 Å². The predicted octanol–water partition coefficient (Wildman–Crippen LogP) is 1.69. The first kappa shape index (κ1) is 15.1. The highest BCUT2D eigenvalue weighted by atomic mass is 16.6. The summed E-state index contributed by atoms with van der Waals surface area (Å²) in [6.07, 6.45) is 0. The number of ketones is 2. The molecule has 0 saturated heterocycles. The van der Waals surface area contributed by atoms with Crippen LogP contribution in [0.1, 0.15) is 31.8 Å². The Kier molecular flexibility index (Phi) is 3.04. The molecule has 2 aromatic rings. The molecule has 24 heavy (non-hydrogen) atoms. The molecule has 10 heteroatoms. The molecule has 0 fully saturated rings. The van der Waals surface area contributed by atoms with Gasteiger partial charge in [0.05, 0.1) is 21.5 Å². The van der Waals surface area contributed by atoms with Crippen LogP contribution in [0, 0.1) is 20.2 Å². The summed E-state index contributed by atoms with van der Waals surface area (Å²) in [4.78, 5) is 44.8. The van der Waals surface area contributed by atoms with Crippen LogP contribution in [0.5, 0.6) is 11.5 Å². The maximum atomic E-state index is 12.5. The van der Waals surface area contributed by atoms with Gasteiger partial charge < -0.3 is 10.2 Å². The first-order valence-electron chi connectivity index (χ1n) is 6.34. The van der Waals surface area contributed by atoms with Crippen LogP contribution >= 0.6 is 0 Å². The van der Waals surface area contributed by atoms with Crippen molar-refractivity contribution in [1.29, 1.82) is 0 Å². The summed E-state index contributed by atoms with van der Waals surface area (Å²) >= 11 is 0. The van der Waals surface area contributed by atoms with Crippen molar-refractivity contribution in [3.63, 3.8) is 0 Å². The van der Waals surface area contributed by atoms with Gasteiger partial charge in [0.1, 0.15) is 5.75 Å². The molecular weight excluding hydrogens is 324 g/mol. The monoisotopic (exact) mass is 330 g/mol. The summed E-state index contributed by atoms with van der Waals surface area (Å²) in [5.74, 6) is -3.36. The van der Waals surface area contributed by atoms with Crippen molar-refractivity contribution in [3.8, 4) is 11.5 Å². The number of benzene rings is 2. The highest BCUT2D eigenvalue weighted by Gasteiger charge is 2.36. The largest absolute Gasteiger partial charge is 0.507 e. The zero-order valence-electron chi connectivity index (χ0n) is 11.5. The van der Waals surface area contributed by atoms with Crippen LogP contribution in [-0.4, -0.2) is 31.6 Å². The minimum atomic E-state index is -0.937. The number of phenolic OH excluding ortho intramolecular Hbond substituents is 2. The molecule has 0 heterocycles. The Labute approximate surface area is 131 Å². The number of nitrogens with zero attached hydrogens (tertiary/aromatic N) is 2. The van der Waals surface area contributed by atoms with Crippen molar-refractivity contribution >= 4 is 22.9 Å². The Hall–Kier alpha value is -3.82. The lowest BCUT2D eigenvalue weighted by molar-refractivity contribution is -0.385. The second-order valence-electron chi connectivity index (χ2n) is 4.95. The molecule has 0 atom stereocenters. The molecule has 1 aliphatic rings. The summed E-state index contributed by atoms with van der Waals surface area (Å²) in [5, 5.41) is 41.2. The lowest BCUT2D eigenvalue weighted by Gasteiger charge is -2.18. The average Bonchev–Trinajstić information content (AvgIpc) is 2.51. The van der Waals surface area contributed by atoms with Crippen molar-refractivity contribution in [3.05, 3.63) is 66.7 Å². The Balaban J connectivity index is 2.32. The van der Waals surface area contributed by atoms with Gasteiger partial charge in [-0.25, -0.2) is 0 Å². The van der Waals surface area contributed by atoms with E-state index in [1.54, 1.807) is 0 Å². The van der Waals surface area contributed by atoms with Gasteiger partial charge in [-0.3, -0.25) is 29.8 Å². The molecule has 0 unspecified atom stereocenters. The quantitative estimate of drug-likeness (QED) is 0.530. The number of rotatable bonds is 2. The van der Waals surface area contributed by atoms with Gasteiger partial charge in [0.15, 0.2) is 17.3 Å². The summed E-state index contributed by atoms with van der Waals surface area (Å²) in [7, 11) is 0. The molecule has 2 N–H and O–H groups in total. The van der Waals surface area contributed by atoms with Crippen molar-refractivity contribution in [2.24, 2.45) is 0 Å². The third-order valence-electron chi connectivity index (χ3n) is 3.59. The Bertz CT molecular complexity index is 979. The van der Waals surface area contributed by atoms with E-state index in [2.05, 4.69) is 0 Å². The first-order valence-corrected chi connectivity index (χ1v) is 6.34. The SMILES string of the molecule is O=C1c2cc([N+](=O)[O-])c(O)cc2C(=O)c2c(O)cc([N+](=O)[O-])cc21. The molecule has 0 aromatic heterocycles. The summed E-state index contributed by atoms with van der Waals surface area (Å²) in [6.45, 7) is 0. The number of hydrogen-bond acceptors (Lipinski definition) is 8. The topological polar surface area (TPSA) is 161 Å². The van der Waals surface area contributed by atoms with Crippen LogP contribution in [0.4, 0.5) is 11.4 Å². The molecule has 1 aliphatic carbocycles. The number of aromatic hydroxyl groups is 2. The minimum Gasteiger partial charge on any atom is -0.507 e. The molecule has 0 amide bonds. The van der Waals surface area contributed by atoms with E-state index in [4.69, 9.17) is 0 Å². The van der Waals surface area contributed by atoms with Gasteiger partial charge in [-0.1, -0.05) is 0 Å². The zero-order valence-corrected chi connectivity index (χ0v) is 11.5. The number of nitro benzene ring substituents is 2. The van der Waals surface area contributed by atoms with Gasteiger partial charge in [-0.15, -0.1) is 0 Å². The summed E-state index contributed by atoms with van der Waals surface area (Å²) < 4.78 is 0. The predicted molar refractivity (Wildman–Crippen MR) is 76.4 cm³/mol. The molecule has 0 saturated carbocycles. The molecule has 0 spiro atoms. The Morgan fingerprint density at radius 3 is 1.96 bits per heavy atom. The van der Waals surface area contributed by atoms with E-state index in [-0.39, 0.29) is 11.1 Å². The van der Waals surface area contributed by atoms with E-state index in [0.29, 0.717) is 0 Å². The van der Waals surface area contributed by atoms with E-state index < -0.39 is 55.4 Å². The number of nitro groups is 2. The van der Waals surface area contributed by atoms with Gasteiger partial charge in [0.25, 0.3) is 5.69 Å². The molecule has 0 radical (unpaired) electrons. The van der Waals surface area contributed by atoms with E-state index in [9.17, 15) is 40.0 Å². The number of carbonyl (C=O) groups is 2. The van der Waals surface area contributed by atoms with Crippen molar-refractivity contribution in [2.75, 3.05) is 0 Å². The highest BCUT2D eigenvalue weighted by Crippen LogP contribution is 2.39. The minimum absolute atomic E-state index is 0.334. The second kappa shape index (κ2) is 4.84. The molecule has 0 bridgehead atoms. The van der Waals surface area contributed by atoms with Crippen molar-refractivity contribution in [2.45, 2.75) is 0 Å². The van der Waals surface area contributed by atoms with Gasteiger partial charge in [-0.2, -0.15) is 0 Å². The lowest BCUT2D eigenvalue weighted by Crippen LogP contribution is -2.21. The van der Waals surface area contributed by atoms with Crippen LogP contribution in [0.2, 0.25) is 0 Å². The molecule has 120 valence electrons. The van der Waals surface area contributed by atoms with Gasteiger partial charge in [-0.05, 0) is 6.07 Å². The van der Waals surface area contributed by atoms with Crippen LogP contribution < -0.4 is 0 Å². The van der Waals surface area contributed by atoms with E-state index in [1.807, 2.05) is 0 Å².